The Kier molecular flexibility index (Phi) is 6.79. The summed E-state index contributed by atoms with van der Waals surface area (Å²) in [6.07, 6.45) is 3.46. The number of hydrogen-bond donors (Lipinski definition) is 2. The largest absolute Gasteiger partial charge is 0.398 e. The molecule has 1 heterocycles. The second-order valence-corrected chi connectivity index (χ2v) is 4.91. The molecule has 3 N–H and O–H groups in total. The zero-order chi connectivity index (χ0) is 15.0. The molecule has 0 spiro atoms. The number of unbranched alkanes of at least 4 members (excludes halogenated alkanes) is 1. The molecule has 0 aliphatic heterocycles. The molecule has 0 unspecified atom stereocenters. The zero-order valence-electron chi connectivity index (χ0n) is 12.1. The molecule has 1 aromatic heterocycles. The molecule has 0 atom stereocenters. The molecule has 1 rings (SSSR count). The van der Waals surface area contributed by atoms with Gasteiger partial charge in [0.05, 0.1) is 6.10 Å². The fourth-order valence-electron chi connectivity index (χ4n) is 1.66. The SMILES string of the molecule is CC(C)OCCCCNC(=O)Cn1cc(N)ccc1=O. The van der Waals surface area contributed by atoms with E-state index in [1.165, 1.54) is 22.9 Å². The van der Waals surface area contributed by atoms with Crippen molar-refractivity contribution < 1.29 is 9.53 Å². The molecule has 0 saturated heterocycles. The van der Waals surface area contributed by atoms with Gasteiger partial charge >= 0.3 is 0 Å². The number of anilines is 1. The summed E-state index contributed by atoms with van der Waals surface area (Å²) in [6, 6.07) is 2.87. The van der Waals surface area contributed by atoms with Crippen molar-refractivity contribution in [3.63, 3.8) is 0 Å². The normalized spacial score (nSPS) is 10.8. The van der Waals surface area contributed by atoms with Gasteiger partial charge in [-0.1, -0.05) is 0 Å². The highest BCUT2D eigenvalue weighted by Gasteiger charge is 2.04. The Morgan fingerprint density at radius 3 is 2.85 bits per heavy atom. The number of nitrogens with two attached hydrogens (primary N) is 1. The lowest BCUT2D eigenvalue weighted by molar-refractivity contribution is -0.121. The third kappa shape index (κ3) is 6.38. The summed E-state index contributed by atoms with van der Waals surface area (Å²) in [5.74, 6) is -0.192. The maximum atomic E-state index is 11.7. The third-order valence-corrected chi connectivity index (χ3v) is 2.66. The number of hydrogen-bond acceptors (Lipinski definition) is 4. The van der Waals surface area contributed by atoms with Gasteiger partial charge in [0.25, 0.3) is 5.56 Å². The van der Waals surface area contributed by atoms with E-state index in [0.717, 1.165) is 12.8 Å². The Hall–Kier alpha value is -1.82. The molecule has 112 valence electrons. The summed E-state index contributed by atoms with van der Waals surface area (Å²) in [5, 5.41) is 2.77. The van der Waals surface area contributed by atoms with Gasteiger partial charge in [-0.15, -0.1) is 0 Å². The van der Waals surface area contributed by atoms with Crippen molar-refractivity contribution in [3.8, 4) is 0 Å². The van der Waals surface area contributed by atoms with Gasteiger partial charge in [0.1, 0.15) is 6.54 Å². The topological polar surface area (TPSA) is 86.3 Å². The predicted octanol–water partition coefficient (Wildman–Crippen LogP) is 0.752. The van der Waals surface area contributed by atoms with Crippen molar-refractivity contribution in [1.29, 1.82) is 0 Å². The number of aromatic nitrogens is 1. The highest BCUT2D eigenvalue weighted by Crippen LogP contribution is 1.96. The summed E-state index contributed by atoms with van der Waals surface area (Å²) in [6.45, 7) is 5.25. The Labute approximate surface area is 118 Å². The highest BCUT2D eigenvalue weighted by molar-refractivity contribution is 5.75. The Morgan fingerprint density at radius 1 is 1.40 bits per heavy atom. The van der Waals surface area contributed by atoms with Crippen molar-refractivity contribution in [2.75, 3.05) is 18.9 Å². The quantitative estimate of drug-likeness (QED) is 0.689. The Bertz CT molecular complexity index is 483. The first-order valence-electron chi connectivity index (χ1n) is 6.83. The van der Waals surface area contributed by atoms with E-state index >= 15 is 0 Å². The molecule has 6 nitrogen and oxygen atoms in total. The lowest BCUT2D eigenvalue weighted by Crippen LogP contribution is -2.32. The van der Waals surface area contributed by atoms with Gasteiger partial charge in [-0.05, 0) is 32.8 Å². The number of carbonyl (C=O) groups excluding carboxylic acids is 1. The molecule has 1 amide bonds. The van der Waals surface area contributed by atoms with E-state index < -0.39 is 0 Å². The predicted molar refractivity (Wildman–Crippen MR) is 78.4 cm³/mol. The number of pyridine rings is 1. The number of ether oxygens (including phenoxy) is 1. The van der Waals surface area contributed by atoms with Crippen LogP contribution >= 0.6 is 0 Å². The van der Waals surface area contributed by atoms with E-state index in [4.69, 9.17) is 10.5 Å². The van der Waals surface area contributed by atoms with E-state index in [-0.39, 0.29) is 24.1 Å². The number of carbonyl (C=O) groups is 1. The Balaban J connectivity index is 2.23. The standard InChI is InChI=1S/C14H23N3O3/c1-11(2)20-8-4-3-7-16-13(18)10-17-9-12(15)5-6-14(17)19/h5-6,9,11H,3-4,7-8,10,15H2,1-2H3,(H,16,18). The number of nitrogens with zero attached hydrogens (tertiary/aromatic N) is 1. The second-order valence-electron chi connectivity index (χ2n) is 4.91. The minimum Gasteiger partial charge on any atom is -0.398 e. The first-order chi connectivity index (χ1) is 9.49. The van der Waals surface area contributed by atoms with Crippen LogP contribution in [0.2, 0.25) is 0 Å². The summed E-state index contributed by atoms with van der Waals surface area (Å²) in [5.41, 5.74) is 5.80. The second kappa shape index (κ2) is 8.37. The molecule has 0 bridgehead atoms. The van der Waals surface area contributed by atoms with Crippen molar-refractivity contribution >= 4 is 11.6 Å². The zero-order valence-corrected chi connectivity index (χ0v) is 12.1. The van der Waals surface area contributed by atoms with Crippen LogP contribution in [0.4, 0.5) is 5.69 Å². The lowest BCUT2D eigenvalue weighted by atomic mass is 10.3. The molecule has 0 aliphatic rings. The third-order valence-electron chi connectivity index (χ3n) is 2.66. The fourth-order valence-corrected chi connectivity index (χ4v) is 1.66. The lowest BCUT2D eigenvalue weighted by Gasteiger charge is -2.09. The Morgan fingerprint density at radius 2 is 2.15 bits per heavy atom. The molecular formula is C14H23N3O3. The van der Waals surface area contributed by atoms with Crippen LogP contribution in [-0.4, -0.2) is 29.7 Å². The number of rotatable bonds is 8. The smallest absolute Gasteiger partial charge is 0.251 e. The summed E-state index contributed by atoms with van der Waals surface area (Å²) in [7, 11) is 0. The molecule has 1 aromatic rings. The van der Waals surface area contributed by atoms with Crippen LogP contribution in [0.1, 0.15) is 26.7 Å². The average Bonchev–Trinajstić information content (AvgIpc) is 2.37. The van der Waals surface area contributed by atoms with Gasteiger partial charge in [0, 0.05) is 31.1 Å². The summed E-state index contributed by atoms with van der Waals surface area (Å²) in [4.78, 5) is 23.2. The van der Waals surface area contributed by atoms with Crippen LogP contribution in [0.25, 0.3) is 0 Å². The number of nitrogens with one attached hydrogen (secondary N) is 1. The van der Waals surface area contributed by atoms with Crippen LogP contribution in [0.3, 0.4) is 0 Å². The molecule has 0 fully saturated rings. The molecular weight excluding hydrogens is 258 g/mol. The van der Waals surface area contributed by atoms with Crippen LogP contribution in [0.5, 0.6) is 0 Å². The van der Waals surface area contributed by atoms with E-state index in [2.05, 4.69) is 5.32 Å². The maximum Gasteiger partial charge on any atom is 0.251 e. The average molecular weight is 281 g/mol. The van der Waals surface area contributed by atoms with Gasteiger partial charge < -0.3 is 20.4 Å². The number of nitrogen functional groups attached to an aromatic ring is 1. The van der Waals surface area contributed by atoms with E-state index in [9.17, 15) is 9.59 Å². The molecule has 0 saturated carbocycles. The van der Waals surface area contributed by atoms with Crippen molar-refractivity contribution in [2.45, 2.75) is 39.3 Å². The maximum absolute atomic E-state index is 11.7. The van der Waals surface area contributed by atoms with Crippen molar-refractivity contribution in [1.82, 2.24) is 9.88 Å². The first kappa shape index (κ1) is 16.2. The van der Waals surface area contributed by atoms with E-state index in [0.29, 0.717) is 18.8 Å². The molecule has 0 aromatic carbocycles. The minimum absolute atomic E-state index is 0.00757. The van der Waals surface area contributed by atoms with Gasteiger partial charge in [0.2, 0.25) is 5.91 Å². The van der Waals surface area contributed by atoms with E-state index in [1.807, 2.05) is 13.8 Å². The van der Waals surface area contributed by atoms with Crippen LogP contribution in [-0.2, 0) is 16.1 Å². The number of amides is 1. The monoisotopic (exact) mass is 281 g/mol. The van der Waals surface area contributed by atoms with Crippen LogP contribution in [0.15, 0.2) is 23.1 Å². The first-order valence-corrected chi connectivity index (χ1v) is 6.83. The molecule has 20 heavy (non-hydrogen) atoms. The van der Waals surface area contributed by atoms with Gasteiger partial charge in [-0.25, -0.2) is 0 Å². The summed E-state index contributed by atoms with van der Waals surface area (Å²) >= 11 is 0. The van der Waals surface area contributed by atoms with Gasteiger partial charge in [-0.3, -0.25) is 9.59 Å². The van der Waals surface area contributed by atoms with Gasteiger partial charge in [-0.2, -0.15) is 0 Å². The molecule has 6 heteroatoms. The summed E-state index contributed by atoms with van der Waals surface area (Å²) < 4.78 is 6.70. The van der Waals surface area contributed by atoms with Crippen molar-refractivity contribution in [3.05, 3.63) is 28.7 Å². The van der Waals surface area contributed by atoms with Crippen LogP contribution in [0, 0.1) is 0 Å². The molecule has 0 aliphatic carbocycles. The molecule has 0 radical (unpaired) electrons. The highest BCUT2D eigenvalue weighted by atomic mass is 16.5. The fraction of sp³-hybridized carbons (Fsp3) is 0.571. The van der Waals surface area contributed by atoms with Gasteiger partial charge in [0.15, 0.2) is 0 Å². The minimum atomic E-state index is -0.236. The van der Waals surface area contributed by atoms with Crippen LogP contribution < -0.4 is 16.6 Å². The van der Waals surface area contributed by atoms with E-state index in [1.54, 1.807) is 0 Å². The van der Waals surface area contributed by atoms with Crippen molar-refractivity contribution in [2.24, 2.45) is 0 Å².